The van der Waals surface area contributed by atoms with Crippen LogP contribution in [0.15, 0.2) is 0 Å². The summed E-state index contributed by atoms with van der Waals surface area (Å²) < 4.78 is 0. The standard InChI is InChI=1S/C13H24N2OS/c1-10(2)15-13(8-14,12-4-5-12)9-17-7-11(3)6-16/h10-12,15-16H,4-7,9H2,1-3H3. The van der Waals surface area contributed by atoms with Crippen molar-refractivity contribution >= 4 is 11.8 Å². The first-order valence-electron chi connectivity index (χ1n) is 6.41. The summed E-state index contributed by atoms with van der Waals surface area (Å²) in [5.41, 5.74) is -0.353. The van der Waals surface area contributed by atoms with E-state index in [2.05, 4.69) is 25.2 Å². The van der Waals surface area contributed by atoms with Gasteiger partial charge in [0.2, 0.25) is 0 Å². The second-order valence-corrected chi connectivity index (χ2v) is 6.49. The number of rotatable bonds is 8. The maximum Gasteiger partial charge on any atom is 0.118 e. The Morgan fingerprint density at radius 3 is 2.53 bits per heavy atom. The van der Waals surface area contributed by atoms with Gasteiger partial charge in [-0.25, -0.2) is 0 Å². The number of hydrogen-bond donors (Lipinski definition) is 2. The molecule has 0 amide bonds. The second kappa shape index (κ2) is 6.63. The minimum absolute atomic E-state index is 0.230. The average molecular weight is 256 g/mol. The molecule has 2 unspecified atom stereocenters. The van der Waals surface area contributed by atoms with Gasteiger partial charge in [0.1, 0.15) is 5.54 Å². The van der Waals surface area contributed by atoms with E-state index in [0.29, 0.717) is 17.9 Å². The van der Waals surface area contributed by atoms with Crippen LogP contribution in [0.5, 0.6) is 0 Å². The Hall–Kier alpha value is -0.240. The van der Waals surface area contributed by atoms with Gasteiger partial charge in [-0.1, -0.05) is 6.92 Å². The monoisotopic (exact) mass is 256 g/mol. The molecule has 1 fully saturated rings. The van der Waals surface area contributed by atoms with Gasteiger partial charge in [-0.15, -0.1) is 0 Å². The van der Waals surface area contributed by atoms with Crippen LogP contribution in [0.3, 0.4) is 0 Å². The van der Waals surface area contributed by atoms with E-state index in [9.17, 15) is 5.26 Å². The SMILES string of the molecule is CC(CO)CSCC(C#N)(NC(C)C)C1CC1. The molecule has 0 aromatic heterocycles. The molecule has 17 heavy (non-hydrogen) atoms. The van der Waals surface area contributed by atoms with Crippen LogP contribution in [0.25, 0.3) is 0 Å². The lowest BCUT2D eigenvalue weighted by molar-refractivity contribution is 0.250. The Bertz CT molecular complexity index is 273. The fourth-order valence-corrected chi connectivity index (χ4v) is 3.33. The molecule has 0 aliphatic heterocycles. The predicted molar refractivity (Wildman–Crippen MR) is 72.9 cm³/mol. The van der Waals surface area contributed by atoms with Crippen molar-refractivity contribution in [3.05, 3.63) is 0 Å². The van der Waals surface area contributed by atoms with Crippen LogP contribution in [-0.2, 0) is 0 Å². The molecule has 1 saturated carbocycles. The minimum atomic E-state index is -0.353. The summed E-state index contributed by atoms with van der Waals surface area (Å²) >= 11 is 1.78. The van der Waals surface area contributed by atoms with E-state index in [0.717, 1.165) is 11.5 Å². The van der Waals surface area contributed by atoms with Gasteiger partial charge in [-0.3, -0.25) is 5.32 Å². The second-order valence-electron chi connectivity index (χ2n) is 5.46. The average Bonchev–Trinajstić information content (AvgIpc) is 3.10. The highest BCUT2D eigenvalue weighted by atomic mass is 32.2. The van der Waals surface area contributed by atoms with Crippen molar-refractivity contribution in [3.63, 3.8) is 0 Å². The van der Waals surface area contributed by atoms with Crippen molar-refractivity contribution in [1.29, 1.82) is 5.26 Å². The minimum Gasteiger partial charge on any atom is -0.396 e. The number of aliphatic hydroxyl groups is 1. The van der Waals surface area contributed by atoms with E-state index in [4.69, 9.17) is 5.11 Å². The lowest BCUT2D eigenvalue weighted by atomic mass is 9.96. The first kappa shape index (κ1) is 14.8. The highest BCUT2D eigenvalue weighted by Gasteiger charge is 2.45. The third kappa shape index (κ3) is 4.50. The van der Waals surface area contributed by atoms with Gasteiger partial charge in [-0.05, 0) is 44.3 Å². The van der Waals surface area contributed by atoms with Crippen LogP contribution >= 0.6 is 11.8 Å². The zero-order chi connectivity index (χ0) is 12.9. The van der Waals surface area contributed by atoms with Gasteiger partial charge in [0.15, 0.2) is 0 Å². The number of aliphatic hydroxyl groups excluding tert-OH is 1. The predicted octanol–water partition coefficient (Wildman–Crippen LogP) is 2.02. The van der Waals surface area contributed by atoms with Crippen molar-refractivity contribution in [2.75, 3.05) is 18.1 Å². The van der Waals surface area contributed by atoms with Crippen molar-refractivity contribution in [3.8, 4) is 6.07 Å². The van der Waals surface area contributed by atoms with Crippen molar-refractivity contribution in [1.82, 2.24) is 5.32 Å². The molecule has 0 bridgehead atoms. The molecule has 0 spiro atoms. The number of nitrogens with one attached hydrogen (secondary N) is 1. The van der Waals surface area contributed by atoms with Crippen LogP contribution in [0.4, 0.5) is 0 Å². The molecule has 2 N–H and O–H groups in total. The summed E-state index contributed by atoms with van der Waals surface area (Å²) in [6.07, 6.45) is 2.34. The molecule has 98 valence electrons. The Balaban J connectivity index is 2.49. The van der Waals surface area contributed by atoms with Gasteiger partial charge in [-0.2, -0.15) is 17.0 Å². The Labute approximate surface area is 109 Å². The quantitative estimate of drug-likeness (QED) is 0.697. The Morgan fingerprint density at radius 2 is 2.12 bits per heavy atom. The summed E-state index contributed by atoms with van der Waals surface area (Å²) in [5.74, 6) is 2.59. The third-order valence-corrected chi connectivity index (χ3v) is 4.53. The van der Waals surface area contributed by atoms with Gasteiger partial charge in [0.05, 0.1) is 6.07 Å². The van der Waals surface area contributed by atoms with Gasteiger partial charge >= 0.3 is 0 Å². The molecule has 0 heterocycles. The van der Waals surface area contributed by atoms with E-state index in [1.165, 1.54) is 12.8 Å². The molecule has 1 aliphatic rings. The maximum absolute atomic E-state index is 9.48. The maximum atomic E-state index is 9.48. The van der Waals surface area contributed by atoms with E-state index in [-0.39, 0.29) is 12.1 Å². The molecule has 0 aromatic rings. The fourth-order valence-electron chi connectivity index (χ4n) is 2.00. The first-order valence-corrected chi connectivity index (χ1v) is 7.57. The molecule has 0 saturated heterocycles. The number of thioether (sulfide) groups is 1. The van der Waals surface area contributed by atoms with E-state index in [1.807, 2.05) is 6.92 Å². The highest BCUT2D eigenvalue weighted by molar-refractivity contribution is 7.99. The van der Waals surface area contributed by atoms with Crippen LogP contribution in [-0.4, -0.2) is 34.8 Å². The zero-order valence-electron chi connectivity index (χ0n) is 11.1. The normalized spacial score (nSPS) is 20.9. The summed E-state index contributed by atoms with van der Waals surface area (Å²) in [5, 5.41) is 21.9. The molecule has 0 radical (unpaired) electrons. The first-order chi connectivity index (χ1) is 8.04. The topological polar surface area (TPSA) is 56.0 Å². The van der Waals surface area contributed by atoms with Crippen molar-refractivity contribution in [2.45, 2.75) is 45.2 Å². The number of nitrogens with zero attached hydrogens (tertiary/aromatic N) is 1. The van der Waals surface area contributed by atoms with Crippen LogP contribution in [0.1, 0.15) is 33.6 Å². The van der Waals surface area contributed by atoms with Crippen molar-refractivity contribution in [2.24, 2.45) is 11.8 Å². The molecule has 3 nitrogen and oxygen atoms in total. The third-order valence-electron chi connectivity index (χ3n) is 3.06. The highest BCUT2D eigenvalue weighted by Crippen LogP contribution is 2.41. The molecular formula is C13H24N2OS. The smallest absolute Gasteiger partial charge is 0.118 e. The molecule has 0 aromatic carbocycles. The van der Waals surface area contributed by atoms with Gasteiger partial charge in [0, 0.05) is 18.4 Å². The van der Waals surface area contributed by atoms with E-state index < -0.39 is 0 Å². The molecule has 2 atom stereocenters. The Morgan fingerprint density at radius 1 is 1.47 bits per heavy atom. The van der Waals surface area contributed by atoms with E-state index in [1.54, 1.807) is 11.8 Å². The summed E-state index contributed by atoms with van der Waals surface area (Å²) in [6, 6.07) is 2.85. The summed E-state index contributed by atoms with van der Waals surface area (Å²) in [7, 11) is 0. The number of hydrogen-bond acceptors (Lipinski definition) is 4. The Kier molecular flexibility index (Phi) is 5.78. The summed E-state index contributed by atoms with van der Waals surface area (Å²) in [6.45, 7) is 6.45. The molecule has 1 aliphatic carbocycles. The molecule has 4 heteroatoms. The molecule has 1 rings (SSSR count). The lowest BCUT2D eigenvalue weighted by Gasteiger charge is -2.30. The lowest BCUT2D eigenvalue weighted by Crippen LogP contribution is -2.51. The zero-order valence-corrected chi connectivity index (χ0v) is 11.9. The van der Waals surface area contributed by atoms with E-state index >= 15 is 0 Å². The van der Waals surface area contributed by atoms with Crippen molar-refractivity contribution < 1.29 is 5.11 Å². The fraction of sp³-hybridized carbons (Fsp3) is 0.923. The van der Waals surface area contributed by atoms with Crippen LogP contribution in [0, 0.1) is 23.2 Å². The molecular weight excluding hydrogens is 232 g/mol. The number of nitriles is 1. The largest absolute Gasteiger partial charge is 0.396 e. The van der Waals surface area contributed by atoms with Gasteiger partial charge in [0.25, 0.3) is 0 Å². The van der Waals surface area contributed by atoms with Gasteiger partial charge < -0.3 is 5.11 Å². The van der Waals surface area contributed by atoms with Crippen LogP contribution in [0.2, 0.25) is 0 Å². The van der Waals surface area contributed by atoms with Crippen LogP contribution < -0.4 is 5.32 Å². The summed E-state index contributed by atoms with van der Waals surface area (Å²) in [4.78, 5) is 0.